The Morgan fingerprint density at radius 3 is 2.31 bits per heavy atom. The number of hydrogen-bond donors (Lipinski definition) is 1. The van der Waals surface area contributed by atoms with Crippen molar-refractivity contribution < 1.29 is 22.8 Å². The molecule has 0 aromatic heterocycles. The summed E-state index contributed by atoms with van der Waals surface area (Å²) < 4.78 is 41.8. The number of rotatable bonds is 3. The van der Waals surface area contributed by atoms with E-state index in [9.17, 15) is 22.8 Å². The second kappa shape index (κ2) is 7.78. The van der Waals surface area contributed by atoms with Crippen LogP contribution >= 0.6 is 0 Å². The Balaban J connectivity index is 1.64. The van der Waals surface area contributed by atoms with Crippen molar-refractivity contribution in [3.05, 3.63) is 101 Å². The predicted molar refractivity (Wildman–Crippen MR) is 125 cm³/mol. The lowest BCUT2D eigenvalue weighted by molar-refractivity contribution is -0.136. The average Bonchev–Trinajstić information content (AvgIpc) is 3.52. The van der Waals surface area contributed by atoms with Crippen molar-refractivity contribution >= 4 is 17.4 Å². The van der Waals surface area contributed by atoms with Gasteiger partial charge in [0.1, 0.15) is 5.54 Å². The number of halogens is 3. The van der Waals surface area contributed by atoms with E-state index in [0.717, 1.165) is 24.5 Å². The van der Waals surface area contributed by atoms with Gasteiger partial charge in [0.15, 0.2) is 5.78 Å². The molecule has 1 amide bonds. The Hall–Kier alpha value is -3.45. The number of hydrogen-bond acceptors (Lipinski definition) is 3. The van der Waals surface area contributed by atoms with Crippen LogP contribution in [-0.2, 0) is 16.5 Å². The maximum atomic E-state index is 14.2. The summed E-state index contributed by atoms with van der Waals surface area (Å²) in [5.41, 5.74) is -1.00. The lowest BCUT2D eigenvalue weighted by atomic mass is 9.68. The second-order valence-corrected chi connectivity index (χ2v) is 9.49. The Bertz CT molecular complexity index is 1310. The smallest absolute Gasteiger partial charge is 0.323 e. The van der Waals surface area contributed by atoms with Gasteiger partial charge >= 0.3 is 6.18 Å². The molecule has 35 heavy (non-hydrogen) atoms. The third kappa shape index (κ3) is 3.04. The number of alkyl halides is 3. The van der Waals surface area contributed by atoms with Gasteiger partial charge in [-0.15, -0.1) is 0 Å². The fourth-order valence-electron chi connectivity index (χ4n) is 6.65. The van der Waals surface area contributed by atoms with Crippen LogP contribution in [0.4, 0.5) is 18.9 Å². The van der Waals surface area contributed by atoms with E-state index in [2.05, 4.69) is 5.32 Å². The minimum atomic E-state index is -4.63. The molecule has 3 aromatic rings. The van der Waals surface area contributed by atoms with Gasteiger partial charge < -0.3 is 5.32 Å². The van der Waals surface area contributed by atoms with Gasteiger partial charge in [0.25, 0.3) is 0 Å². The number of benzene rings is 3. The Labute approximate surface area is 200 Å². The maximum Gasteiger partial charge on any atom is 0.418 e. The monoisotopic (exact) mass is 476 g/mol. The first-order chi connectivity index (χ1) is 16.8. The van der Waals surface area contributed by atoms with Crippen LogP contribution in [0.3, 0.4) is 0 Å². The fourth-order valence-corrected chi connectivity index (χ4v) is 6.65. The van der Waals surface area contributed by atoms with E-state index in [0.29, 0.717) is 12.1 Å². The minimum absolute atomic E-state index is 0.138. The van der Waals surface area contributed by atoms with Crippen molar-refractivity contribution in [2.75, 3.05) is 11.9 Å². The van der Waals surface area contributed by atoms with Crippen molar-refractivity contribution in [2.24, 2.45) is 5.92 Å². The van der Waals surface area contributed by atoms with E-state index in [4.69, 9.17) is 0 Å². The zero-order chi connectivity index (χ0) is 24.4. The molecule has 0 aliphatic carbocycles. The van der Waals surface area contributed by atoms with Gasteiger partial charge in [-0.1, -0.05) is 72.8 Å². The third-order valence-electron chi connectivity index (χ3n) is 7.87. The van der Waals surface area contributed by atoms with Crippen LogP contribution in [0.5, 0.6) is 0 Å². The highest BCUT2D eigenvalue weighted by Gasteiger charge is 2.69. The molecule has 178 valence electrons. The zero-order valence-corrected chi connectivity index (χ0v) is 18.8. The number of para-hydroxylation sites is 1. The number of Topliss-reactive ketones (excluding diaryl/α,β-unsaturated/α-hetero) is 1. The zero-order valence-electron chi connectivity index (χ0n) is 18.8. The summed E-state index contributed by atoms with van der Waals surface area (Å²) in [5.74, 6) is -1.99. The Morgan fingerprint density at radius 1 is 0.943 bits per heavy atom. The Kier molecular flexibility index (Phi) is 4.90. The van der Waals surface area contributed by atoms with Crippen LogP contribution < -0.4 is 5.32 Å². The molecule has 2 saturated heterocycles. The Morgan fingerprint density at radius 2 is 1.63 bits per heavy atom. The summed E-state index contributed by atoms with van der Waals surface area (Å²) in [5, 5.41) is 2.57. The molecule has 0 saturated carbocycles. The van der Waals surface area contributed by atoms with E-state index < -0.39 is 29.1 Å². The van der Waals surface area contributed by atoms with Crippen LogP contribution in [0.25, 0.3) is 0 Å². The van der Waals surface area contributed by atoms with Crippen LogP contribution in [0.1, 0.15) is 45.8 Å². The number of fused-ring (bicyclic) bond motifs is 4. The molecule has 3 aliphatic heterocycles. The summed E-state index contributed by atoms with van der Waals surface area (Å²) in [6, 6.07) is 22.1. The molecule has 0 radical (unpaired) electrons. The van der Waals surface area contributed by atoms with Crippen molar-refractivity contribution in [1.29, 1.82) is 0 Å². The van der Waals surface area contributed by atoms with Gasteiger partial charge in [-0.2, -0.15) is 13.2 Å². The molecule has 2 fully saturated rings. The maximum absolute atomic E-state index is 14.2. The van der Waals surface area contributed by atoms with Gasteiger partial charge in [-0.25, -0.2) is 0 Å². The van der Waals surface area contributed by atoms with Crippen LogP contribution in [0, 0.1) is 5.92 Å². The lowest BCUT2D eigenvalue weighted by Crippen LogP contribution is -2.52. The number of carbonyl (C=O) groups excluding carboxylic acids is 2. The molecule has 4 nitrogen and oxygen atoms in total. The van der Waals surface area contributed by atoms with E-state index in [1.54, 1.807) is 36.4 Å². The molecule has 6 rings (SSSR count). The van der Waals surface area contributed by atoms with Gasteiger partial charge in [0.2, 0.25) is 5.91 Å². The molecular weight excluding hydrogens is 453 g/mol. The molecule has 0 bridgehead atoms. The van der Waals surface area contributed by atoms with Crippen molar-refractivity contribution in [3.8, 4) is 0 Å². The highest BCUT2D eigenvalue weighted by molar-refractivity contribution is 6.13. The molecule has 3 heterocycles. The molecule has 3 aliphatic rings. The van der Waals surface area contributed by atoms with E-state index >= 15 is 0 Å². The summed E-state index contributed by atoms with van der Waals surface area (Å²) in [4.78, 5) is 30.2. The number of nitrogens with one attached hydrogen (secondary N) is 1. The van der Waals surface area contributed by atoms with Gasteiger partial charge in [-0.05, 0) is 31.0 Å². The second-order valence-electron chi connectivity index (χ2n) is 9.49. The van der Waals surface area contributed by atoms with Crippen molar-refractivity contribution in [1.82, 2.24) is 4.90 Å². The first-order valence-electron chi connectivity index (χ1n) is 11.8. The van der Waals surface area contributed by atoms with Gasteiger partial charge in [0.05, 0.1) is 17.2 Å². The number of carbonyl (C=O) groups is 2. The minimum Gasteiger partial charge on any atom is -0.323 e. The highest BCUT2D eigenvalue weighted by atomic mass is 19.4. The molecule has 1 spiro atoms. The summed E-state index contributed by atoms with van der Waals surface area (Å²) >= 11 is 0. The summed E-state index contributed by atoms with van der Waals surface area (Å²) in [6.45, 7) is 0.537. The molecule has 3 aromatic carbocycles. The van der Waals surface area contributed by atoms with E-state index in [1.165, 1.54) is 6.07 Å². The van der Waals surface area contributed by atoms with Crippen LogP contribution in [0.15, 0.2) is 78.9 Å². The quantitative estimate of drug-likeness (QED) is 0.500. The van der Waals surface area contributed by atoms with E-state index in [1.807, 2.05) is 35.2 Å². The first-order valence-corrected chi connectivity index (χ1v) is 11.8. The van der Waals surface area contributed by atoms with E-state index in [-0.39, 0.29) is 29.0 Å². The molecular formula is C28H23F3N2O2. The number of nitrogens with zero attached hydrogens (tertiary/aromatic N) is 1. The summed E-state index contributed by atoms with van der Waals surface area (Å²) in [6.07, 6.45) is -3.06. The average molecular weight is 476 g/mol. The number of amides is 1. The van der Waals surface area contributed by atoms with Crippen LogP contribution in [0.2, 0.25) is 0 Å². The van der Waals surface area contributed by atoms with Crippen LogP contribution in [-0.4, -0.2) is 29.2 Å². The molecule has 4 atom stereocenters. The van der Waals surface area contributed by atoms with Gasteiger partial charge in [-0.3, -0.25) is 14.5 Å². The molecule has 1 N–H and O–H groups in total. The van der Waals surface area contributed by atoms with Crippen molar-refractivity contribution in [3.63, 3.8) is 0 Å². The predicted octanol–water partition coefficient (Wildman–Crippen LogP) is 5.61. The topological polar surface area (TPSA) is 49.4 Å². The number of ketones is 1. The van der Waals surface area contributed by atoms with Gasteiger partial charge in [0, 0.05) is 23.1 Å². The SMILES string of the molecule is O=C(c1ccccc1)C1C(c2ccccc2)C2CCCN2[C@@]12C(=O)Nc1c(C(F)(F)F)cccc12. The largest absolute Gasteiger partial charge is 0.418 e. The highest BCUT2D eigenvalue weighted by Crippen LogP contribution is 2.62. The lowest BCUT2D eigenvalue weighted by Gasteiger charge is -2.37. The standard InChI is InChI=1S/C28H23F3N2O2/c29-28(30,31)20-14-7-13-19-24(20)32-26(35)27(19)23(25(34)18-11-5-2-6-12-18)22(17-9-3-1-4-10-17)21-15-8-16-33(21)27/h1-7,9-14,21-23H,8,15-16H2,(H,32,35)/t21?,22?,23?,27-/m1/s1. The normalized spacial score (nSPS) is 27.6. The first kappa shape index (κ1) is 22.0. The number of anilines is 1. The fraction of sp³-hybridized carbons (Fsp3) is 0.286. The van der Waals surface area contributed by atoms with Crippen molar-refractivity contribution in [2.45, 2.75) is 36.5 Å². The molecule has 3 unspecified atom stereocenters. The summed E-state index contributed by atoms with van der Waals surface area (Å²) in [7, 11) is 0. The third-order valence-corrected chi connectivity index (χ3v) is 7.87. The molecule has 7 heteroatoms.